The van der Waals surface area contributed by atoms with Gasteiger partial charge in [0.15, 0.2) is 0 Å². The van der Waals surface area contributed by atoms with Crippen molar-refractivity contribution in [3.8, 4) is 0 Å². The number of ether oxygens (including phenoxy) is 1. The second-order valence-corrected chi connectivity index (χ2v) is 4.30. The predicted octanol–water partition coefficient (Wildman–Crippen LogP) is 2.08. The van der Waals surface area contributed by atoms with Crippen molar-refractivity contribution in [2.45, 2.75) is 25.4 Å². The number of aliphatic hydroxyl groups is 1. The molecule has 1 aromatic rings. The van der Waals surface area contributed by atoms with Crippen molar-refractivity contribution < 1.29 is 9.84 Å². The van der Waals surface area contributed by atoms with E-state index in [1.165, 1.54) is 4.88 Å². The first kappa shape index (κ1) is 10.7. The van der Waals surface area contributed by atoms with Crippen LogP contribution >= 0.6 is 11.3 Å². The molecule has 2 nitrogen and oxygen atoms in total. The number of hydrogen-bond acceptors (Lipinski definition) is 3. The summed E-state index contributed by atoms with van der Waals surface area (Å²) in [6.07, 6.45) is 1.41. The van der Waals surface area contributed by atoms with Crippen LogP contribution in [0.1, 0.15) is 18.2 Å². The van der Waals surface area contributed by atoms with Gasteiger partial charge < -0.3 is 9.84 Å². The molecule has 1 atom stereocenters. The van der Waals surface area contributed by atoms with E-state index in [1.54, 1.807) is 18.4 Å². The third-order valence-electron chi connectivity index (χ3n) is 2.15. The SMILES string of the molecule is CCC(O)(COC)Cc1cccs1. The highest BCUT2D eigenvalue weighted by Gasteiger charge is 2.25. The Balaban J connectivity index is 2.58. The first-order valence-corrected chi connectivity index (χ1v) is 5.32. The highest BCUT2D eigenvalue weighted by Crippen LogP contribution is 2.20. The van der Waals surface area contributed by atoms with Gasteiger partial charge in [-0.3, -0.25) is 0 Å². The maximum Gasteiger partial charge on any atom is 0.0925 e. The maximum absolute atomic E-state index is 10.1. The summed E-state index contributed by atoms with van der Waals surface area (Å²) in [5.41, 5.74) is -0.695. The topological polar surface area (TPSA) is 29.5 Å². The molecule has 13 heavy (non-hydrogen) atoms. The molecular weight excluding hydrogens is 184 g/mol. The van der Waals surface area contributed by atoms with Crippen LogP contribution in [0.4, 0.5) is 0 Å². The third kappa shape index (κ3) is 3.10. The van der Waals surface area contributed by atoms with Crippen molar-refractivity contribution in [1.82, 2.24) is 0 Å². The largest absolute Gasteiger partial charge is 0.387 e. The molecule has 1 unspecified atom stereocenters. The van der Waals surface area contributed by atoms with Crippen molar-refractivity contribution in [2.24, 2.45) is 0 Å². The predicted molar refractivity (Wildman–Crippen MR) is 55.1 cm³/mol. The highest BCUT2D eigenvalue weighted by molar-refractivity contribution is 7.09. The van der Waals surface area contributed by atoms with Crippen LogP contribution in [0.25, 0.3) is 0 Å². The van der Waals surface area contributed by atoms with E-state index in [-0.39, 0.29) is 0 Å². The molecule has 3 heteroatoms. The molecule has 1 heterocycles. The molecule has 1 N–H and O–H groups in total. The van der Waals surface area contributed by atoms with E-state index in [9.17, 15) is 5.11 Å². The average molecular weight is 200 g/mol. The molecule has 0 fully saturated rings. The Bertz CT molecular complexity index is 233. The van der Waals surface area contributed by atoms with Gasteiger partial charge in [-0.25, -0.2) is 0 Å². The van der Waals surface area contributed by atoms with Crippen molar-refractivity contribution in [3.63, 3.8) is 0 Å². The van der Waals surface area contributed by atoms with E-state index in [0.717, 1.165) is 6.42 Å². The van der Waals surface area contributed by atoms with E-state index in [4.69, 9.17) is 4.74 Å². The van der Waals surface area contributed by atoms with Crippen LogP contribution in [0.2, 0.25) is 0 Å². The summed E-state index contributed by atoms with van der Waals surface area (Å²) in [5.74, 6) is 0. The quantitative estimate of drug-likeness (QED) is 0.788. The van der Waals surface area contributed by atoms with Crippen LogP contribution in [0.15, 0.2) is 17.5 Å². The molecule has 0 saturated heterocycles. The molecule has 0 spiro atoms. The van der Waals surface area contributed by atoms with E-state index in [1.807, 2.05) is 24.4 Å². The normalized spacial score (nSPS) is 15.6. The Labute approximate surface area is 83.2 Å². The molecule has 1 rings (SSSR count). The highest BCUT2D eigenvalue weighted by atomic mass is 32.1. The molecule has 0 amide bonds. The lowest BCUT2D eigenvalue weighted by atomic mass is 9.97. The van der Waals surface area contributed by atoms with Gasteiger partial charge in [0.1, 0.15) is 0 Å². The van der Waals surface area contributed by atoms with Gasteiger partial charge in [0, 0.05) is 18.4 Å². The van der Waals surface area contributed by atoms with Crippen molar-refractivity contribution in [3.05, 3.63) is 22.4 Å². The average Bonchev–Trinajstić information content (AvgIpc) is 2.57. The van der Waals surface area contributed by atoms with Crippen LogP contribution in [-0.4, -0.2) is 24.4 Å². The third-order valence-corrected chi connectivity index (χ3v) is 3.03. The Morgan fingerprint density at radius 1 is 1.62 bits per heavy atom. The number of rotatable bonds is 5. The molecular formula is C10H16O2S. The molecule has 0 aromatic carbocycles. The zero-order chi connectivity index (χ0) is 9.73. The summed E-state index contributed by atoms with van der Waals surface area (Å²) in [6.45, 7) is 2.38. The summed E-state index contributed by atoms with van der Waals surface area (Å²) < 4.78 is 5.00. The van der Waals surface area contributed by atoms with Crippen LogP contribution in [0.3, 0.4) is 0 Å². The van der Waals surface area contributed by atoms with Crippen LogP contribution < -0.4 is 0 Å². The second kappa shape index (κ2) is 4.74. The lowest BCUT2D eigenvalue weighted by Crippen LogP contribution is -2.35. The fourth-order valence-electron chi connectivity index (χ4n) is 1.28. The van der Waals surface area contributed by atoms with Gasteiger partial charge >= 0.3 is 0 Å². The minimum absolute atomic E-state index is 0.404. The smallest absolute Gasteiger partial charge is 0.0925 e. The minimum atomic E-state index is -0.695. The zero-order valence-electron chi connectivity index (χ0n) is 8.12. The fraction of sp³-hybridized carbons (Fsp3) is 0.600. The molecule has 0 saturated carbocycles. The van der Waals surface area contributed by atoms with Crippen LogP contribution in [0.5, 0.6) is 0 Å². The molecule has 0 aliphatic rings. The van der Waals surface area contributed by atoms with Gasteiger partial charge in [0.25, 0.3) is 0 Å². The Kier molecular flexibility index (Phi) is 3.90. The Hall–Kier alpha value is -0.380. The summed E-state index contributed by atoms with van der Waals surface area (Å²) in [5, 5.41) is 12.1. The van der Waals surface area contributed by atoms with Crippen molar-refractivity contribution in [2.75, 3.05) is 13.7 Å². The molecule has 0 aliphatic heterocycles. The van der Waals surface area contributed by atoms with E-state index in [2.05, 4.69) is 0 Å². The second-order valence-electron chi connectivity index (χ2n) is 3.27. The lowest BCUT2D eigenvalue weighted by Gasteiger charge is -2.25. The number of hydrogen-bond donors (Lipinski definition) is 1. The zero-order valence-corrected chi connectivity index (χ0v) is 8.93. The first-order valence-electron chi connectivity index (χ1n) is 4.44. The van der Waals surface area contributed by atoms with Crippen LogP contribution in [0, 0.1) is 0 Å². The Morgan fingerprint density at radius 2 is 2.38 bits per heavy atom. The fourth-order valence-corrected chi connectivity index (χ4v) is 2.13. The van der Waals surface area contributed by atoms with Crippen molar-refractivity contribution >= 4 is 11.3 Å². The standard InChI is InChI=1S/C10H16O2S/c1-3-10(11,8-12-2)7-9-5-4-6-13-9/h4-6,11H,3,7-8H2,1-2H3. The molecule has 0 radical (unpaired) electrons. The van der Waals surface area contributed by atoms with E-state index < -0.39 is 5.60 Å². The lowest BCUT2D eigenvalue weighted by molar-refractivity contribution is -0.0327. The van der Waals surface area contributed by atoms with Gasteiger partial charge in [-0.15, -0.1) is 11.3 Å². The monoisotopic (exact) mass is 200 g/mol. The van der Waals surface area contributed by atoms with Crippen molar-refractivity contribution in [1.29, 1.82) is 0 Å². The van der Waals surface area contributed by atoms with Gasteiger partial charge in [0.2, 0.25) is 0 Å². The summed E-state index contributed by atoms with van der Waals surface area (Å²) >= 11 is 1.68. The van der Waals surface area contributed by atoms with Crippen LogP contribution in [-0.2, 0) is 11.2 Å². The Morgan fingerprint density at radius 3 is 2.85 bits per heavy atom. The summed E-state index contributed by atoms with van der Waals surface area (Å²) in [4.78, 5) is 1.21. The van der Waals surface area contributed by atoms with Gasteiger partial charge in [-0.2, -0.15) is 0 Å². The van der Waals surface area contributed by atoms with Gasteiger partial charge in [0.05, 0.1) is 12.2 Å². The molecule has 74 valence electrons. The number of methoxy groups -OCH3 is 1. The van der Waals surface area contributed by atoms with E-state index >= 15 is 0 Å². The molecule has 0 bridgehead atoms. The maximum atomic E-state index is 10.1. The number of thiophene rings is 1. The molecule has 1 aromatic heterocycles. The van der Waals surface area contributed by atoms with E-state index in [0.29, 0.717) is 13.0 Å². The minimum Gasteiger partial charge on any atom is -0.387 e. The summed E-state index contributed by atoms with van der Waals surface area (Å²) in [6, 6.07) is 4.05. The molecule has 0 aliphatic carbocycles. The van der Waals surface area contributed by atoms with Gasteiger partial charge in [-0.1, -0.05) is 13.0 Å². The van der Waals surface area contributed by atoms with Gasteiger partial charge in [-0.05, 0) is 17.9 Å². The summed E-state index contributed by atoms with van der Waals surface area (Å²) in [7, 11) is 1.62. The first-order chi connectivity index (χ1) is 6.20.